The van der Waals surface area contributed by atoms with E-state index in [2.05, 4.69) is 5.32 Å². The summed E-state index contributed by atoms with van der Waals surface area (Å²) < 4.78 is 79.9. The molecule has 0 aliphatic heterocycles. The molecule has 0 fully saturated rings. The Morgan fingerprint density at radius 1 is 1.00 bits per heavy atom. The van der Waals surface area contributed by atoms with Crippen LogP contribution in [0, 0.1) is 5.82 Å². The van der Waals surface area contributed by atoms with E-state index in [0.717, 1.165) is 35.2 Å². The summed E-state index contributed by atoms with van der Waals surface area (Å²) in [5, 5.41) is 2.27. The summed E-state index contributed by atoms with van der Waals surface area (Å²) in [6.07, 6.45) is -2.79. The zero-order chi connectivity index (χ0) is 24.2. The van der Waals surface area contributed by atoms with E-state index < -0.39 is 40.0 Å². The number of halogens is 4. The van der Waals surface area contributed by atoms with Crippen molar-refractivity contribution in [2.75, 3.05) is 22.4 Å². The maximum atomic E-state index is 13.8. The molecule has 174 valence electrons. The molecule has 0 saturated heterocycles. The number of thioether (sulfide) groups is 1. The molecular weight excluding hydrogens is 480 g/mol. The molecule has 5 nitrogen and oxygen atoms in total. The standard InChI is InChI=1S/C22H18F4N2O3S2/c1-32-19-8-10-20(11-9-19)33(30,31)28(18-7-3-5-16(23)13-18)14-21(29)27-17-6-2-4-15(12-17)22(24,25)26/h2-13H,14H2,1H3,(H,27,29). The fourth-order valence-electron chi connectivity index (χ4n) is 2.93. The Bertz CT molecular complexity index is 1250. The number of nitrogens with one attached hydrogen (secondary N) is 1. The highest BCUT2D eigenvalue weighted by Crippen LogP contribution is 2.31. The predicted octanol–water partition coefficient (Wildman–Crippen LogP) is 5.40. The minimum absolute atomic E-state index is 0.108. The molecule has 0 saturated carbocycles. The lowest BCUT2D eigenvalue weighted by atomic mass is 10.2. The van der Waals surface area contributed by atoms with E-state index in [9.17, 15) is 30.8 Å². The lowest BCUT2D eigenvalue weighted by molar-refractivity contribution is -0.137. The molecule has 3 rings (SSSR count). The van der Waals surface area contributed by atoms with Gasteiger partial charge >= 0.3 is 6.18 Å². The van der Waals surface area contributed by atoms with Gasteiger partial charge in [0.2, 0.25) is 5.91 Å². The van der Waals surface area contributed by atoms with Crippen LogP contribution in [0.1, 0.15) is 5.56 Å². The molecule has 33 heavy (non-hydrogen) atoms. The summed E-state index contributed by atoms with van der Waals surface area (Å²) >= 11 is 1.41. The van der Waals surface area contributed by atoms with Gasteiger partial charge in [-0.1, -0.05) is 12.1 Å². The van der Waals surface area contributed by atoms with Gasteiger partial charge in [0.05, 0.1) is 16.1 Å². The third kappa shape index (κ3) is 6.05. The summed E-state index contributed by atoms with van der Waals surface area (Å²) in [4.78, 5) is 13.3. The first-order chi connectivity index (χ1) is 15.5. The highest BCUT2D eigenvalue weighted by atomic mass is 32.2. The molecule has 1 amide bonds. The number of hydrogen-bond acceptors (Lipinski definition) is 4. The number of benzene rings is 3. The van der Waals surface area contributed by atoms with Gasteiger partial charge in [-0.25, -0.2) is 12.8 Å². The van der Waals surface area contributed by atoms with Crippen LogP contribution in [0.25, 0.3) is 0 Å². The van der Waals surface area contributed by atoms with Crippen molar-refractivity contribution in [2.45, 2.75) is 16.0 Å². The number of alkyl halides is 3. The number of carbonyl (C=O) groups excluding carboxylic acids is 1. The van der Waals surface area contributed by atoms with Gasteiger partial charge in [-0.15, -0.1) is 11.8 Å². The molecule has 3 aromatic rings. The molecule has 0 unspecified atom stereocenters. The third-order valence-corrected chi connectivity index (χ3v) is 7.04. The number of nitrogens with zero attached hydrogens (tertiary/aromatic N) is 1. The maximum absolute atomic E-state index is 13.8. The number of anilines is 2. The normalized spacial score (nSPS) is 11.8. The minimum Gasteiger partial charge on any atom is -0.325 e. The van der Waals surface area contributed by atoms with Crippen molar-refractivity contribution in [3.8, 4) is 0 Å². The Morgan fingerprint density at radius 2 is 1.67 bits per heavy atom. The van der Waals surface area contributed by atoms with Crippen molar-refractivity contribution in [3.05, 3.63) is 84.2 Å². The first kappa shape index (κ1) is 24.6. The van der Waals surface area contributed by atoms with Crippen molar-refractivity contribution >= 4 is 39.1 Å². The lowest BCUT2D eigenvalue weighted by Crippen LogP contribution is -2.38. The molecule has 3 aromatic carbocycles. The summed E-state index contributed by atoms with van der Waals surface area (Å²) in [6, 6.07) is 14.5. The highest BCUT2D eigenvalue weighted by molar-refractivity contribution is 7.98. The van der Waals surface area contributed by atoms with Crippen molar-refractivity contribution in [2.24, 2.45) is 0 Å². The van der Waals surface area contributed by atoms with Gasteiger partial charge in [0.15, 0.2) is 0 Å². The molecule has 0 aliphatic rings. The fourth-order valence-corrected chi connectivity index (χ4v) is 4.75. The Labute approximate surface area is 192 Å². The van der Waals surface area contributed by atoms with Crippen molar-refractivity contribution in [1.82, 2.24) is 0 Å². The number of sulfonamides is 1. The van der Waals surface area contributed by atoms with Crippen LogP contribution in [0.5, 0.6) is 0 Å². The Balaban J connectivity index is 1.93. The third-order valence-electron chi connectivity index (χ3n) is 4.50. The largest absolute Gasteiger partial charge is 0.416 e. The van der Waals surface area contributed by atoms with Crippen LogP contribution in [0.2, 0.25) is 0 Å². The first-order valence-corrected chi connectivity index (χ1v) is 12.1. The molecular formula is C22H18F4N2O3S2. The molecule has 0 aromatic heterocycles. The quantitative estimate of drug-likeness (QED) is 0.350. The van der Waals surface area contributed by atoms with Gasteiger partial charge in [-0.05, 0) is 66.9 Å². The smallest absolute Gasteiger partial charge is 0.325 e. The van der Waals surface area contributed by atoms with Crippen LogP contribution >= 0.6 is 11.8 Å². The van der Waals surface area contributed by atoms with Crippen molar-refractivity contribution < 1.29 is 30.8 Å². The Kier molecular flexibility index (Phi) is 7.33. The molecule has 0 aliphatic carbocycles. The highest BCUT2D eigenvalue weighted by Gasteiger charge is 2.31. The molecule has 0 bridgehead atoms. The maximum Gasteiger partial charge on any atom is 0.416 e. The van der Waals surface area contributed by atoms with E-state index in [1.165, 1.54) is 42.1 Å². The van der Waals surface area contributed by atoms with Crippen LogP contribution in [-0.4, -0.2) is 27.1 Å². The van der Waals surface area contributed by atoms with E-state index in [1.807, 2.05) is 6.26 Å². The number of carbonyl (C=O) groups is 1. The van der Waals surface area contributed by atoms with Crippen molar-refractivity contribution in [1.29, 1.82) is 0 Å². The van der Waals surface area contributed by atoms with Crippen LogP contribution < -0.4 is 9.62 Å². The van der Waals surface area contributed by atoms with Crippen LogP contribution in [0.4, 0.5) is 28.9 Å². The minimum atomic E-state index is -4.61. The molecule has 0 spiro atoms. The van der Waals surface area contributed by atoms with Crippen LogP contribution in [-0.2, 0) is 21.0 Å². The summed E-state index contributed by atoms with van der Waals surface area (Å²) in [5.74, 6) is -1.62. The van der Waals surface area contributed by atoms with E-state index >= 15 is 0 Å². The Morgan fingerprint density at radius 3 is 2.27 bits per heavy atom. The number of rotatable bonds is 7. The van der Waals surface area contributed by atoms with E-state index in [-0.39, 0.29) is 16.3 Å². The Hall–Kier alpha value is -3.05. The monoisotopic (exact) mass is 498 g/mol. The van der Waals surface area contributed by atoms with Gasteiger partial charge in [-0.3, -0.25) is 9.10 Å². The van der Waals surface area contributed by atoms with Gasteiger partial charge in [0.1, 0.15) is 12.4 Å². The SMILES string of the molecule is CSc1ccc(S(=O)(=O)N(CC(=O)Nc2cccc(C(F)(F)F)c2)c2cccc(F)c2)cc1. The van der Waals surface area contributed by atoms with Gasteiger partial charge < -0.3 is 5.32 Å². The zero-order valence-corrected chi connectivity index (χ0v) is 18.8. The lowest BCUT2D eigenvalue weighted by Gasteiger charge is -2.24. The second kappa shape index (κ2) is 9.84. The molecule has 1 N–H and O–H groups in total. The summed E-state index contributed by atoms with van der Waals surface area (Å²) in [7, 11) is -4.30. The van der Waals surface area contributed by atoms with E-state index in [1.54, 1.807) is 12.1 Å². The van der Waals surface area contributed by atoms with Gasteiger partial charge in [0, 0.05) is 10.6 Å². The number of hydrogen-bond donors (Lipinski definition) is 1. The molecule has 0 heterocycles. The van der Waals surface area contributed by atoms with E-state index in [4.69, 9.17) is 0 Å². The average molecular weight is 499 g/mol. The van der Waals surface area contributed by atoms with Gasteiger partial charge in [0.25, 0.3) is 10.0 Å². The summed E-state index contributed by atoms with van der Waals surface area (Å²) in [5.41, 5.74) is -1.23. The molecule has 11 heteroatoms. The van der Waals surface area contributed by atoms with Crippen LogP contribution in [0.15, 0.2) is 82.6 Å². The fraction of sp³-hybridized carbons (Fsp3) is 0.136. The van der Waals surface area contributed by atoms with E-state index in [0.29, 0.717) is 4.31 Å². The zero-order valence-electron chi connectivity index (χ0n) is 17.1. The van der Waals surface area contributed by atoms with Crippen molar-refractivity contribution in [3.63, 3.8) is 0 Å². The predicted molar refractivity (Wildman–Crippen MR) is 119 cm³/mol. The topological polar surface area (TPSA) is 66.5 Å². The van der Waals surface area contributed by atoms with Gasteiger partial charge in [-0.2, -0.15) is 13.2 Å². The number of amides is 1. The summed E-state index contributed by atoms with van der Waals surface area (Å²) in [6.45, 7) is -0.785. The second-order valence-electron chi connectivity index (χ2n) is 6.79. The average Bonchev–Trinajstić information content (AvgIpc) is 2.77. The second-order valence-corrected chi connectivity index (χ2v) is 9.54. The molecule has 0 radical (unpaired) electrons. The molecule has 0 atom stereocenters. The first-order valence-electron chi connectivity index (χ1n) is 9.40. The van der Waals surface area contributed by atoms with Crippen LogP contribution in [0.3, 0.4) is 0 Å².